The number of fused-ring (bicyclic) bond motifs is 2. The Balaban J connectivity index is 2.07. The van der Waals surface area contributed by atoms with Gasteiger partial charge in [0.25, 0.3) is 0 Å². The lowest BCUT2D eigenvalue weighted by Crippen LogP contribution is -2.53. The van der Waals surface area contributed by atoms with Gasteiger partial charge < -0.3 is 9.47 Å². The molecule has 2 aliphatic rings. The van der Waals surface area contributed by atoms with E-state index in [-0.39, 0.29) is 11.9 Å². The predicted octanol–water partition coefficient (Wildman–Crippen LogP) is 1.70. The zero-order valence-corrected chi connectivity index (χ0v) is 12.3. The Hall–Kier alpha value is -1.39. The number of rotatable bonds is 2. The molecule has 4 heteroatoms. The summed E-state index contributed by atoms with van der Waals surface area (Å²) in [4.78, 5) is 14.2. The molecule has 1 heterocycles. The minimum atomic E-state index is 0.117. The van der Waals surface area contributed by atoms with E-state index in [2.05, 4.69) is 11.9 Å². The Morgan fingerprint density at radius 1 is 1.35 bits per heavy atom. The number of morpholine rings is 1. The van der Waals surface area contributed by atoms with Crippen LogP contribution in [-0.4, -0.2) is 50.1 Å². The second kappa shape index (κ2) is 5.19. The number of hydrogen-bond donors (Lipinski definition) is 0. The number of carbonyl (C=O) groups is 1. The fourth-order valence-electron chi connectivity index (χ4n) is 3.45. The molecule has 0 spiro atoms. The predicted molar refractivity (Wildman–Crippen MR) is 76.6 cm³/mol. The summed E-state index contributed by atoms with van der Waals surface area (Å²) in [5.41, 5.74) is 3.11. The van der Waals surface area contributed by atoms with Gasteiger partial charge in [0.1, 0.15) is 5.75 Å². The molecular formula is C16H21NO3. The molecule has 0 unspecified atom stereocenters. The second-order valence-electron chi connectivity index (χ2n) is 5.69. The second-order valence-corrected chi connectivity index (χ2v) is 5.69. The van der Waals surface area contributed by atoms with Gasteiger partial charge in [-0.2, -0.15) is 0 Å². The molecule has 0 bridgehead atoms. The highest BCUT2D eigenvalue weighted by Crippen LogP contribution is 2.36. The highest BCUT2D eigenvalue weighted by Gasteiger charge is 2.37. The van der Waals surface area contributed by atoms with Crippen molar-refractivity contribution in [3.63, 3.8) is 0 Å². The van der Waals surface area contributed by atoms with Crippen molar-refractivity contribution in [1.82, 2.24) is 4.90 Å². The third kappa shape index (κ3) is 2.13. The fourth-order valence-corrected chi connectivity index (χ4v) is 3.45. The molecule has 3 rings (SSSR count). The summed E-state index contributed by atoms with van der Waals surface area (Å²) in [6.45, 7) is 3.36. The zero-order chi connectivity index (χ0) is 14.3. The number of ether oxygens (including phenoxy) is 2. The SMILES string of the molecule is COc1ccc(C(C)=O)c2c1C[C@@H]1[C@@H](C2)OCCN1C. The van der Waals surface area contributed by atoms with E-state index < -0.39 is 0 Å². The molecule has 1 aromatic carbocycles. The number of benzene rings is 1. The Labute approximate surface area is 119 Å². The third-order valence-corrected chi connectivity index (χ3v) is 4.58. The van der Waals surface area contributed by atoms with Crippen LogP contribution in [0.5, 0.6) is 5.75 Å². The highest BCUT2D eigenvalue weighted by molar-refractivity contribution is 5.96. The summed E-state index contributed by atoms with van der Waals surface area (Å²) in [6, 6.07) is 4.18. The van der Waals surface area contributed by atoms with E-state index in [0.717, 1.165) is 42.9 Å². The summed E-state index contributed by atoms with van der Waals surface area (Å²) in [5.74, 6) is 1.01. The molecule has 1 aromatic rings. The Morgan fingerprint density at radius 3 is 2.85 bits per heavy atom. The Morgan fingerprint density at radius 2 is 2.15 bits per heavy atom. The largest absolute Gasteiger partial charge is 0.496 e. The minimum absolute atomic E-state index is 0.117. The van der Waals surface area contributed by atoms with Crippen molar-refractivity contribution in [2.75, 3.05) is 27.3 Å². The van der Waals surface area contributed by atoms with Gasteiger partial charge in [0.15, 0.2) is 5.78 Å². The van der Waals surface area contributed by atoms with Crippen LogP contribution in [-0.2, 0) is 17.6 Å². The highest BCUT2D eigenvalue weighted by atomic mass is 16.5. The molecular weight excluding hydrogens is 254 g/mol. The number of methoxy groups -OCH3 is 1. The fraction of sp³-hybridized carbons (Fsp3) is 0.562. The molecule has 20 heavy (non-hydrogen) atoms. The molecule has 0 radical (unpaired) electrons. The van der Waals surface area contributed by atoms with E-state index in [1.54, 1.807) is 14.0 Å². The molecule has 0 amide bonds. The van der Waals surface area contributed by atoms with Crippen LogP contribution in [0.1, 0.15) is 28.4 Å². The van der Waals surface area contributed by atoms with Gasteiger partial charge >= 0.3 is 0 Å². The molecule has 1 saturated heterocycles. The molecule has 108 valence electrons. The average molecular weight is 275 g/mol. The van der Waals surface area contributed by atoms with Crippen molar-refractivity contribution >= 4 is 5.78 Å². The van der Waals surface area contributed by atoms with E-state index in [0.29, 0.717) is 6.04 Å². The van der Waals surface area contributed by atoms with E-state index in [1.807, 2.05) is 12.1 Å². The lowest BCUT2D eigenvalue weighted by molar-refractivity contribution is -0.0646. The first-order valence-electron chi connectivity index (χ1n) is 7.13. The van der Waals surface area contributed by atoms with E-state index in [1.165, 1.54) is 5.56 Å². The number of carbonyl (C=O) groups excluding carboxylic acids is 1. The van der Waals surface area contributed by atoms with Gasteiger partial charge in [-0.3, -0.25) is 9.69 Å². The van der Waals surface area contributed by atoms with Crippen molar-refractivity contribution in [2.24, 2.45) is 0 Å². The molecule has 4 nitrogen and oxygen atoms in total. The Kier molecular flexibility index (Phi) is 3.52. The van der Waals surface area contributed by atoms with Crippen molar-refractivity contribution in [3.8, 4) is 5.75 Å². The topological polar surface area (TPSA) is 38.8 Å². The van der Waals surface area contributed by atoms with Crippen molar-refractivity contribution < 1.29 is 14.3 Å². The number of ketones is 1. The normalized spacial score (nSPS) is 25.8. The lowest BCUT2D eigenvalue weighted by Gasteiger charge is -2.43. The van der Waals surface area contributed by atoms with Crippen molar-refractivity contribution in [2.45, 2.75) is 31.9 Å². The number of likely N-dealkylation sites (N-methyl/N-ethyl adjacent to an activating group) is 1. The van der Waals surface area contributed by atoms with Gasteiger partial charge in [0.2, 0.25) is 0 Å². The van der Waals surface area contributed by atoms with Gasteiger partial charge in [0, 0.05) is 24.6 Å². The van der Waals surface area contributed by atoms with E-state index >= 15 is 0 Å². The van der Waals surface area contributed by atoms with Crippen LogP contribution in [0.3, 0.4) is 0 Å². The first-order valence-corrected chi connectivity index (χ1v) is 7.13. The summed E-state index contributed by atoms with van der Waals surface area (Å²) in [6.07, 6.45) is 1.88. The summed E-state index contributed by atoms with van der Waals surface area (Å²) >= 11 is 0. The lowest BCUT2D eigenvalue weighted by atomic mass is 9.81. The molecule has 1 fully saturated rings. The van der Waals surface area contributed by atoms with Crippen molar-refractivity contribution in [3.05, 3.63) is 28.8 Å². The minimum Gasteiger partial charge on any atom is -0.496 e. The molecule has 0 aromatic heterocycles. The summed E-state index contributed by atoms with van der Waals surface area (Å²) < 4.78 is 11.4. The van der Waals surface area contributed by atoms with Crippen LogP contribution >= 0.6 is 0 Å². The monoisotopic (exact) mass is 275 g/mol. The first kappa shape index (κ1) is 13.6. The number of Topliss-reactive ketones (excluding diaryl/α,β-unsaturated/α-hetero) is 1. The maximum absolute atomic E-state index is 11.8. The summed E-state index contributed by atoms with van der Waals surface area (Å²) in [5, 5.41) is 0. The molecule has 0 saturated carbocycles. The van der Waals surface area contributed by atoms with Crippen LogP contribution in [0.4, 0.5) is 0 Å². The van der Waals surface area contributed by atoms with Crippen LogP contribution < -0.4 is 4.74 Å². The van der Waals surface area contributed by atoms with Crippen LogP contribution in [0, 0.1) is 0 Å². The molecule has 1 aliphatic heterocycles. The average Bonchev–Trinajstić information content (AvgIpc) is 2.44. The van der Waals surface area contributed by atoms with Gasteiger partial charge in [-0.05, 0) is 43.7 Å². The third-order valence-electron chi connectivity index (χ3n) is 4.58. The zero-order valence-electron chi connectivity index (χ0n) is 12.3. The summed E-state index contributed by atoms with van der Waals surface area (Å²) in [7, 11) is 3.84. The van der Waals surface area contributed by atoms with Gasteiger partial charge in [-0.25, -0.2) is 0 Å². The van der Waals surface area contributed by atoms with Crippen LogP contribution in [0.25, 0.3) is 0 Å². The van der Waals surface area contributed by atoms with E-state index in [9.17, 15) is 4.79 Å². The van der Waals surface area contributed by atoms with Crippen molar-refractivity contribution in [1.29, 1.82) is 0 Å². The van der Waals surface area contributed by atoms with E-state index in [4.69, 9.17) is 9.47 Å². The quantitative estimate of drug-likeness (QED) is 0.770. The number of nitrogens with zero attached hydrogens (tertiary/aromatic N) is 1. The molecule has 1 aliphatic carbocycles. The molecule has 2 atom stereocenters. The maximum atomic E-state index is 11.8. The van der Waals surface area contributed by atoms with Crippen LogP contribution in [0.2, 0.25) is 0 Å². The maximum Gasteiger partial charge on any atom is 0.160 e. The van der Waals surface area contributed by atoms with Crippen LogP contribution in [0.15, 0.2) is 12.1 Å². The van der Waals surface area contributed by atoms with Gasteiger partial charge in [0.05, 0.1) is 19.8 Å². The van der Waals surface area contributed by atoms with Gasteiger partial charge in [-0.15, -0.1) is 0 Å². The Bertz CT molecular complexity index is 541. The first-order chi connectivity index (χ1) is 9.61. The smallest absolute Gasteiger partial charge is 0.160 e. The van der Waals surface area contributed by atoms with Gasteiger partial charge in [-0.1, -0.05) is 0 Å². The standard InChI is InChI=1S/C16H21NO3/c1-10(18)11-4-5-15(19-3)13-8-14-16(9-12(11)13)20-7-6-17(14)2/h4-5,14,16H,6-9H2,1-3H3/t14-,16-/m1/s1. The number of hydrogen-bond acceptors (Lipinski definition) is 4. The molecule has 0 N–H and O–H groups in total.